The number of carbonyl (C=O) groups excluding carboxylic acids is 1. The van der Waals surface area contributed by atoms with Crippen molar-refractivity contribution in [2.45, 2.75) is 19.9 Å². The van der Waals surface area contributed by atoms with Crippen LogP contribution in [0.3, 0.4) is 0 Å². The molecule has 0 aromatic heterocycles. The fourth-order valence-corrected chi connectivity index (χ4v) is 1.30. The van der Waals surface area contributed by atoms with Crippen LogP contribution < -0.4 is 19.9 Å². The van der Waals surface area contributed by atoms with E-state index >= 15 is 0 Å². The molecule has 0 aliphatic heterocycles. The van der Waals surface area contributed by atoms with Crippen LogP contribution in [0.1, 0.15) is 13.8 Å². The zero-order valence-electron chi connectivity index (χ0n) is 11.1. The zero-order valence-corrected chi connectivity index (χ0v) is 11.1. The lowest BCUT2D eigenvalue weighted by molar-refractivity contribution is -0.136. The summed E-state index contributed by atoms with van der Waals surface area (Å²) in [7, 11) is 3.06. The molecule has 0 aliphatic rings. The lowest BCUT2D eigenvalue weighted by Crippen LogP contribution is -2.38. The number of methoxy groups -OCH3 is 2. The molecule has 5 heteroatoms. The van der Waals surface area contributed by atoms with Gasteiger partial charge in [0.15, 0.2) is 0 Å². The summed E-state index contributed by atoms with van der Waals surface area (Å²) in [6, 6.07) is 4.25. The topological polar surface area (TPSA) is 70.8 Å². The molecule has 0 spiro atoms. The Kier molecular flexibility index (Phi) is 4.97. The number of nitrogens with two attached hydrogens (primary N) is 1. The Morgan fingerprint density at radius 1 is 1.06 bits per heavy atom. The van der Waals surface area contributed by atoms with Crippen molar-refractivity contribution >= 4 is 5.97 Å². The third kappa shape index (κ3) is 3.63. The molecule has 1 unspecified atom stereocenters. The quantitative estimate of drug-likeness (QED) is 0.637. The number of hydrogen-bond acceptors (Lipinski definition) is 5. The van der Waals surface area contributed by atoms with Crippen molar-refractivity contribution < 1.29 is 19.0 Å². The maximum absolute atomic E-state index is 11.7. The van der Waals surface area contributed by atoms with Crippen LogP contribution >= 0.6 is 0 Å². The minimum atomic E-state index is -0.651. The lowest BCUT2D eigenvalue weighted by atomic mass is 10.1. The second-order valence-electron chi connectivity index (χ2n) is 4.24. The summed E-state index contributed by atoms with van der Waals surface area (Å²) in [5, 5.41) is 0. The highest BCUT2D eigenvalue weighted by Crippen LogP contribution is 2.27. The first-order chi connectivity index (χ1) is 8.47. The van der Waals surface area contributed by atoms with Crippen LogP contribution in [-0.2, 0) is 4.79 Å². The maximum Gasteiger partial charge on any atom is 0.328 e. The Balaban J connectivity index is 2.86. The zero-order chi connectivity index (χ0) is 13.7. The molecular formula is C13H19NO4. The third-order valence-corrected chi connectivity index (χ3v) is 2.53. The summed E-state index contributed by atoms with van der Waals surface area (Å²) < 4.78 is 15.4. The van der Waals surface area contributed by atoms with Crippen molar-refractivity contribution in [1.82, 2.24) is 0 Å². The third-order valence-electron chi connectivity index (χ3n) is 2.53. The molecule has 0 saturated heterocycles. The lowest BCUT2D eigenvalue weighted by Gasteiger charge is -2.15. The van der Waals surface area contributed by atoms with E-state index < -0.39 is 12.0 Å². The van der Waals surface area contributed by atoms with Gasteiger partial charge in [0.1, 0.15) is 23.3 Å². The van der Waals surface area contributed by atoms with Crippen molar-refractivity contribution in [3.05, 3.63) is 18.2 Å². The largest absolute Gasteiger partial charge is 0.496 e. The number of esters is 1. The Morgan fingerprint density at radius 2 is 1.50 bits per heavy atom. The van der Waals surface area contributed by atoms with E-state index in [1.807, 2.05) is 13.8 Å². The average molecular weight is 253 g/mol. The van der Waals surface area contributed by atoms with Gasteiger partial charge >= 0.3 is 5.97 Å². The summed E-state index contributed by atoms with van der Waals surface area (Å²) in [5.41, 5.74) is 5.71. The van der Waals surface area contributed by atoms with Crippen LogP contribution in [-0.4, -0.2) is 26.2 Å². The summed E-state index contributed by atoms with van der Waals surface area (Å²) in [5.74, 6) is 1.00. The smallest absolute Gasteiger partial charge is 0.328 e. The van der Waals surface area contributed by atoms with Gasteiger partial charge in [0.05, 0.1) is 14.2 Å². The first kappa shape index (κ1) is 14.3. The van der Waals surface area contributed by atoms with Crippen LogP contribution in [0.5, 0.6) is 17.2 Å². The molecule has 5 nitrogen and oxygen atoms in total. The Bertz CT molecular complexity index is 395. The summed E-state index contributed by atoms with van der Waals surface area (Å²) in [4.78, 5) is 11.7. The number of benzene rings is 1. The van der Waals surface area contributed by atoms with Crippen LogP contribution in [0.15, 0.2) is 18.2 Å². The summed E-state index contributed by atoms with van der Waals surface area (Å²) in [6.07, 6.45) is 0. The molecular weight excluding hydrogens is 234 g/mol. The second kappa shape index (κ2) is 6.26. The second-order valence-corrected chi connectivity index (χ2v) is 4.24. The van der Waals surface area contributed by atoms with Gasteiger partial charge < -0.3 is 19.9 Å². The van der Waals surface area contributed by atoms with E-state index in [0.29, 0.717) is 17.2 Å². The molecule has 2 N–H and O–H groups in total. The van der Waals surface area contributed by atoms with Crippen molar-refractivity contribution in [2.75, 3.05) is 14.2 Å². The molecule has 18 heavy (non-hydrogen) atoms. The molecule has 1 atom stereocenters. The van der Waals surface area contributed by atoms with Crippen molar-refractivity contribution in [3.63, 3.8) is 0 Å². The van der Waals surface area contributed by atoms with Gasteiger partial charge in [-0.25, -0.2) is 4.79 Å². The van der Waals surface area contributed by atoms with Crippen molar-refractivity contribution in [1.29, 1.82) is 0 Å². The Morgan fingerprint density at radius 3 is 1.89 bits per heavy atom. The first-order valence-corrected chi connectivity index (χ1v) is 5.68. The number of ether oxygens (including phenoxy) is 3. The highest BCUT2D eigenvalue weighted by Gasteiger charge is 2.20. The molecule has 0 radical (unpaired) electrons. The van der Waals surface area contributed by atoms with E-state index in [4.69, 9.17) is 19.9 Å². The van der Waals surface area contributed by atoms with E-state index in [0.717, 1.165) is 0 Å². The number of carbonyl (C=O) groups is 1. The van der Waals surface area contributed by atoms with Crippen LogP contribution in [0.2, 0.25) is 0 Å². The van der Waals surface area contributed by atoms with Gasteiger partial charge in [-0.05, 0) is 5.92 Å². The predicted octanol–water partition coefficient (Wildman–Crippen LogP) is 1.59. The Labute approximate surface area is 107 Å². The average Bonchev–Trinajstić information content (AvgIpc) is 2.36. The highest BCUT2D eigenvalue weighted by molar-refractivity contribution is 5.78. The van der Waals surface area contributed by atoms with E-state index in [1.54, 1.807) is 18.2 Å². The molecule has 1 aromatic carbocycles. The minimum absolute atomic E-state index is 0.0185. The van der Waals surface area contributed by atoms with Gasteiger partial charge in [0.2, 0.25) is 0 Å². The van der Waals surface area contributed by atoms with E-state index in [1.165, 1.54) is 14.2 Å². The normalized spacial score (nSPS) is 12.1. The summed E-state index contributed by atoms with van der Waals surface area (Å²) >= 11 is 0. The molecule has 0 amide bonds. The highest BCUT2D eigenvalue weighted by atomic mass is 16.5. The molecule has 0 aliphatic carbocycles. The maximum atomic E-state index is 11.7. The van der Waals surface area contributed by atoms with Crippen LogP contribution in [0.4, 0.5) is 0 Å². The van der Waals surface area contributed by atoms with E-state index in [-0.39, 0.29) is 5.92 Å². The number of rotatable bonds is 5. The van der Waals surface area contributed by atoms with Gasteiger partial charge in [0.25, 0.3) is 0 Å². The first-order valence-electron chi connectivity index (χ1n) is 5.68. The standard InChI is InChI=1S/C13H19NO4/c1-8(2)12(14)13(15)18-11-6-9(16-3)5-10(7-11)17-4/h5-8,12H,14H2,1-4H3. The van der Waals surface area contributed by atoms with Gasteiger partial charge in [-0.2, -0.15) is 0 Å². The Hall–Kier alpha value is -1.75. The van der Waals surface area contributed by atoms with E-state index in [9.17, 15) is 4.79 Å². The summed E-state index contributed by atoms with van der Waals surface area (Å²) in [6.45, 7) is 3.72. The van der Waals surface area contributed by atoms with Gasteiger partial charge in [-0.15, -0.1) is 0 Å². The van der Waals surface area contributed by atoms with Gasteiger partial charge in [-0.3, -0.25) is 0 Å². The fourth-order valence-electron chi connectivity index (χ4n) is 1.30. The monoisotopic (exact) mass is 253 g/mol. The van der Waals surface area contributed by atoms with E-state index in [2.05, 4.69) is 0 Å². The molecule has 0 fully saturated rings. The van der Waals surface area contributed by atoms with Crippen LogP contribution in [0.25, 0.3) is 0 Å². The van der Waals surface area contributed by atoms with Crippen molar-refractivity contribution in [2.24, 2.45) is 11.7 Å². The minimum Gasteiger partial charge on any atom is -0.496 e. The molecule has 1 aromatic rings. The van der Waals surface area contributed by atoms with Crippen LogP contribution in [0, 0.1) is 5.92 Å². The molecule has 0 bridgehead atoms. The van der Waals surface area contributed by atoms with Gasteiger partial charge in [-0.1, -0.05) is 13.8 Å². The SMILES string of the molecule is COc1cc(OC)cc(OC(=O)C(N)C(C)C)c1. The molecule has 0 heterocycles. The number of hydrogen-bond donors (Lipinski definition) is 1. The van der Waals surface area contributed by atoms with Crippen molar-refractivity contribution in [3.8, 4) is 17.2 Å². The van der Waals surface area contributed by atoms with Gasteiger partial charge in [0, 0.05) is 18.2 Å². The molecule has 100 valence electrons. The predicted molar refractivity (Wildman–Crippen MR) is 68.0 cm³/mol. The molecule has 0 saturated carbocycles. The fraction of sp³-hybridized carbons (Fsp3) is 0.462. The molecule has 1 rings (SSSR count).